The number of aliphatic hydroxyl groups is 1. The van der Waals surface area contributed by atoms with Crippen LogP contribution in [0.2, 0.25) is 0 Å². The van der Waals surface area contributed by atoms with Crippen LogP contribution in [0.5, 0.6) is 0 Å². The predicted molar refractivity (Wildman–Crippen MR) is 138 cm³/mol. The number of aliphatic hydroxyl groups excluding tert-OH is 1. The van der Waals surface area contributed by atoms with Gasteiger partial charge in [0.2, 0.25) is 0 Å². The van der Waals surface area contributed by atoms with E-state index >= 15 is 0 Å². The molecule has 4 rings (SSSR count). The van der Waals surface area contributed by atoms with Gasteiger partial charge < -0.3 is 10.0 Å². The summed E-state index contributed by atoms with van der Waals surface area (Å²) in [5.41, 5.74) is 3.55. The average Bonchev–Trinajstić information content (AvgIpc) is 3.02. The average molecular weight is 494 g/mol. The van der Waals surface area contributed by atoms with Crippen LogP contribution in [-0.4, -0.2) is 71.8 Å². The van der Waals surface area contributed by atoms with Crippen LogP contribution in [0.25, 0.3) is 0 Å². The third kappa shape index (κ3) is 4.63. The zero-order chi connectivity index (χ0) is 26.0. The number of carbonyl (C=O) groups is 3. The molecular formula is C28H37N4O4+. The number of rotatable bonds is 3. The molecule has 36 heavy (non-hydrogen) atoms. The summed E-state index contributed by atoms with van der Waals surface area (Å²) in [5, 5.41) is 13.4. The number of imide groups is 1. The third-order valence-corrected chi connectivity index (χ3v) is 7.59. The molecule has 0 bridgehead atoms. The summed E-state index contributed by atoms with van der Waals surface area (Å²) < 4.78 is -0.569. The van der Waals surface area contributed by atoms with Gasteiger partial charge in [-0.15, -0.1) is 0 Å². The van der Waals surface area contributed by atoms with Gasteiger partial charge in [-0.3, -0.25) is 15.0 Å². The molecule has 0 saturated carbocycles. The second-order valence-corrected chi connectivity index (χ2v) is 10.3. The smallest absolute Gasteiger partial charge is 0.387 e. The van der Waals surface area contributed by atoms with E-state index in [1.807, 2.05) is 55.5 Å². The number of anilines is 1. The number of likely N-dealkylation sites (tertiary alicyclic amines) is 1. The summed E-state index contributed by atoms with van der Waals surface area (Å²) in [4.78, 5) is 44.7. The molecule has 8 nitrogen and oxygen atoms in total. The van der Waals surface area contributed by atoms with Crippen LogP contribution in [0.3, 0.4) is 0 Å². The first kappa shape index (κ1) is 25.9. The normalized spacial score (nSPS) is 24.4. The van der Waals surface area contributed by atoms with Crippen molar-refractivity contribution in [2.75, 3.05) is 32.1 Å². The van der Waals surface area contributed by atoms with Gasteiger partial charge in [0.15, 0.2) is 0 Å². The summed E-state index contributed by atoms with van der Waals surface area (Å²) in [5.74, 6) is -0.227. The molecule has 3 unspecified atom stereocenters. The fourth-order valence-electron chi connectivity index (χ4n) is 5.65. The van der Waals surface area contributed by atoms with Gasteiger partial charge in [0.25, 0.3) is 5.91 Å². The number of hydrogen-bond donors (Lipinski definition) is 2. The van der Waals surface area contributed by atoms with E-state index in [9.17, 15) is 19.5 Å². The Bertz CT molecular complexity index is 1150. The van der Waals surface area contributed by atoms with Crippen LogP contribution in [0.1, 0.15) is 48.9 Å². The highest BCUT2D eigenvalue weighted by Gasteiger charge is 2.57. The molecule has 2 heterocycles. The minimum absolute atomic E-state index is 0.0226. The van der Waals surface area contributed by atoms with E-state index < -0.39 is 34.7 Å². The van der Waals surface area contributed by atoms with E-state index in [-0.39, 0.29) is 12.5 Å². The molecule has 0 spiro atoms. The Kier molecular flexibility index (Phi) is 7.47. The summed E-state index contributed by atoms with van der Waals surface area (Å²) in [6.45, 7) is 4.24. The summed E-state index contributed by atoms with van der Waals surface area (Å²) >= 11 is 0. The Balaban J connectivity index is 1.76. The van der Waals surface area contributed by atoms with E-state index in [1.54, 1.807) is 25.9 Å². The maximum atomic E-state index is 14.2. The molecule has 0 aliphatic carbocycles. The highest BCUT2D eigenvalue weighted by molar-refractivity contribution is 6.00. The van der Waals surface area contributed by atoms with Crippen LogP contribution in [0, 0.1) is 6.92 Å². The van der Waals surface area contributed by atoms with Crippen LogP contribution in [0.4, 0.5) is 15.3 Å². The fraction of sp³-hybridized carbons (Fsp3) is 0.464. The monoisotopic (exact) mass is 493 g/mol. The largest absolute Gasteiger partial charge is 0.428 e. The number of nitrogens with zero attached hydrogens (tertiary/aromatic N) is 3. The van der Waals surface area contributed by atoms with Crippen molar-refractivity contribution >= 4 is 23.7 Å². The predicted octanol–water partition coefficient (Wildman–Crippen LogP) is 3.77. The fourth-order valence-corrected chi connectivity index (χ4v) is 5.65. The van der Waals surface area contributed by atoms with Gasteiger partial charge in [-0.2, -0.15) is 4.48 Å². The number of urea groups is 2. The number of amides is 5. The van der Waals surface area contributed by atoms with Crippen molar-refractivity contribution in [3.8, 4) is 0 Å². The quantitative estimate of drug-likeness (QED) is 0.637. The second kappa shape index (κ2) is 10.4. The minimum Gasteiger partial charge on any atom is -0.387 e. The molecule has 5 amide bonds. The summed E-state index contributed by atoms with van der Waals surface area (Å²) in [6.07, 6.45) is 2.29. The van der Waals surface area contributed by atoms with Gasteiger partial charge in [0, 0.05) is 32.7 Å². The Hall–Kier alpha value is -3.23. The van der Waals surface area contributed by atoms with Crippen molar-refractivity contribution in [2.24, 2.45) is 0 Å². The topological polar surface area (TPSA) is 90.0 Å². The number of hydrogen-bond acceptors (Lipinski definition) is 4. The van der Waals surface area contributed by atoms with Gasteiger partial charge >= 0.3 is 12.1 Å². The number of quaternary nitrogens is 1. The van der Waals surface area contributed by atoms with Crippen molar-refractivity contribution in [3.05, 3.63) is 65.2 Å². The Morgan fingerprint density at radius 3 is 2.44 bits per heavy atom. The summed E-state index contributed by atoms with van der Waals surface area (Å²) in [7, 11) is 3.20. The van der Waals surface area contributed by atoms with Crippen molar-refractivity contribution in [1.82, 2.24) is 10.2 Å². The van der Waals surface area contributed by atoms with Gasteiger partial charge in [-0.25, -0.2) is 9.59 Å². The van der Waals surface area contributed by atoms with Crippen molar-refractivity contribution in [3.63, 3.8) is 0 Å². The number of carbonyl (C=O) groups excluding carboxylic acids is 3. The first-order valence-corrected chi connectivity index (χ1v) is 12.7. The summed E-state index contributed by atoms with van der Waals surface area (Å²) in [6, 6.07) is 13.0. The van der Waals surface area contributed by atoms with Crippen molar-refractivity contribution in [2.45, 2.75) is 57.7 Å². The zero-order valence-corrected chi connectivity index (χ0v) is 21.6. The number of aryl methyl sites for hydroxylation is 2. The zero-order valence-electron chi connectivity index (χ0n) is 21.6. The first-order chi connectivity index (χ1) is 17.2. The van der Waals surface area contributed by atoms with Crippen LogP contribution in [-0.2, 0) is 11.2 Å². The maximum absolute atomic E-state index is 14.2. The molecule has 4 atom stereocenters. The van der Waals surface area contributed by atoms with Gasteiger partial charge in [-0.05, 0) is 55.9 Å². The molecule has 0 radical (unpaired) electrons. The molecule has 1 saturated heterocycles. The first-order valence-electron chi connectivity index (χ1n) is 12.7. The third-order valence-electron chi connectivity index (χ3n) is 7.59. The van der Waals surface area contributed by atoms with Crippen LogP contribution < -0.4 is 10.2 Å². The minimum atomic E-state index is -0.972. The molecular weight excluding hydrogens is 456 g/mol. The van der Waals surface area contributed by atoms with E-state index in [4.69, 9.17) is 0 Å². The molecule has 2 aliphatic heterocycles. The van der Waals surface area contributed by atoms with Crippen molar-refractivity contribution < 1.29 is 24.0 Å². The lowest BCUT2D eigenvalue weighted by molar-refractivity contribution is -0.784. The number of benzene rings is 2. The molecule has 8 heteroatoms. The molecule has 2 aliphatic rings. The van der Waals surface area contributed by atoms with E-state index in [0.717, 1.165) is 36.1 Å². The highest BCUT2D eigenvalue weighted by atomic mass is 16.3. The molecule has 2 aromatic rings. The lowest BCUT2D eigenvalue weighted by Gasteiger charge is -2.36. The van der Waals surface area contributed by atoms with Crippen LogP contribution >= 0.6 is 0 Å². The van der Waals surface area contributed by atoms with Crippen molar-refractivity contribution in [1.29, 1.82) is 0 Å². The van der Waals surface area contributed by atoms with Gasteiger partial charge in [-0.1, -0.05) is 42.5 Å². The lowest BCUT2D eigenvalue weighted by atomic mass is 9.99. The van der Waals surface area contributed by atoms with E-state index in [0.29, 0.717) is 18.5 Å². The van der Waals surface area contributed by atoms with Gasteiger partial charge in [0.1, 0.15) is 24.7 Å². The van der Waals surface area contributed by atoms with Crippen LogP contribution in [0.15, 0.2) is 48.5 Å². The maximum Gasteiger partial charge on any atom is 0.428 e. The Morgan fingerprint density at radius 2 is 1.78 bits per heavy atom. The standard InChI is InChI=1S/C28H36N4O4/c1-19-11-5-7-14-23(19)25(26(34)31-16-10-9-13-21-12-6-8-15-24(21)31)29-27(35)32(28(36)30(3)4)18-22(33)17-20(32)2/h5-8,11-12,14-15,20,22,25,33H,9-10,13,16-18H2,1-4H3/p+1/t20?,22-,25?,32?/m1/s1. The van der Waals surface area contributed by atoms with Gasteiger partial charge in [0.05, 0.1) is 0 Å². The molecule has 0 aromatic heterocycles. The Labute approximate surface area is 213 Å². The number of fused-ring (bicyclic) bond motifs is 1. The number of nitrogens with one attached hydrogen (secondary N) is 1. The van der Waals surface area contributed by atoms with E-state index in [2.05, 4.69) is 5.32 Å². The number of para-hydroxylation sites is 1. The molecule has 1 fully saturated rings. The molecule has 192 valence electrons. The molecule has 2 N–H and O–H groups in total. The second-order valence-electron chi connectivity index (χ2n) is 10.3. The highest BCUT2D eigenvalue weighted by Crippen LogP contribution is 2.33. The SMILES string of the molecule is Cc1ccccc1C(NC(=O)[N+]1(C(=O)N(C)C)C[C@H](O)CC1C)C(=O)N1CCCCc2ccccc21. The van der Waals surface area contributed by atoms with E-state index in [1.165, 1.54) is 4.90 Å². The lowest BCUT2D eigenvalue weighted by Crippen LogP contribution is -2.66. The molecule has 2 aromatic carbocycles. The Morgan fingerprint density at radius 1 is 1.08 bits per heavy atom.